The van der Waals surface area contributed by atoms with Crippen molar-refractivity contribution in [2.45, 2.75) is 194 Å². The highest BCUT2D eigenvalue weighted by Crippen LogP contribution is 2.40. The molecule has 19 atom stereocenters. The van der Waals surface area contributed by atoms with Gasteiger partial charge in [0.15, 0.2) is 12.2 Å². The van der Waals surface area contributed by atoms with Crippen LogP contribution >= 0.6 is 0 Å². The minimum absolute atomic E-state index is 0.0365. The van der Waals surface area contributed by atoms with E-state index in [4.69, 9.17) is 28.8 Å². The van der Waals surface area contributed by atoms with Gasteiger partial charge in [0, 0.05) is 88.1 Å². The van der Waals surface area contributed by atoms with Crippen LogP contribution in [0, 0.1) is 47.3 Å². The number of hydrogen-bond acceptors (Lipinski definition) is 15. The van der Waals surface area contributed by atoms with Gasteiger partial charge in [0.2, 0.25) is 0 Å². The fourth-order valence-corrected chi connectivity index (χ4v) is 10.6. The summed E-state index contributed by atoms with van der Waals surface area (Å²) in [6.07, 6.45) is 9.24. The molecule has 2 aliphatic rings. The summed E-state index contributed by atoms with van der Waals surface area (Å²) in [5.74, 6) is -5.38. The topological polar surface area (TPSA) is 256 Å². The first-order chi connectivity index (χ1) is 34.1. The lowest BCUT2D eigenvalue weighted by Gasteiger charge is -2.46. The number of hydrogen-bond donors (Lipinski definition) is 7. The van der Waals surface area contributed by atoms with Gasteiger partial charge in [-0.2, -0.15) is 0 Å². The van der Waals surface area contributed by atoms with E-state index in [0.717, 1.165) is 17.2 Å². The third-order valence-corrected chi connectivity index (χ3v) is 15.5. The van der Waals surface area contributed by atoms with Crippen LogP contribution in [-0.2, 0) is 42.9 Å². The molecule has 3 unspecified atom stereocenters. The zero-order chi connectivity index (χ0) is 55.5. The van der Waals surface area contributed by atoms with Crippen molar-refractivity contribution >= 4 is 23.7 Å². The van der Waals surface area contributed by atoms with Crippen molar-refractivity contribution in [3.63, 3.8) is 0 Å². The number of ether oxygens (including phenoxy) is 5. The fraction of sp³-hybridized carbons (Fsp3) is 0.719. The molecule has 16 heteroatoms. The Morgan fingerprint density at radius 1 is 0.767 bits per heavy atom. The van der Waals surface area contributed by atoms with Crippen LogP contribution in [0.1, 0.15) is 128 Å². The van der Waals surface area contributed by atoms with Gasteiger partial charge in [0.05, 0.1) is 36.6 Å². The van der Waals surface area contributed by atoms with Gasteiger partial charge in [-0.1, -0.05) is 108 Å². The fourth-order valence-electron chi connectivity index (χ4n) is 10.6. The first-order valence-corrected chi connectivity index (χ1v) is 26.0. The Kier molecular flexibility index (Phi) is 28.0. The van der Waals surface area contributed by atoms with E-state index in [0.29, 0.717) is 37.7 Å². The number of Topliss-reactive ketones (excluding diaryl/α,β-unsaturated/α-hetero) is 1. The van der Waals surface area contributed by atoms with Crippen molar-refractivity contribution in [1.82, 2.24) is 0 Å². The molecule has 0 aromatic rings. The molecule has 0 aliphatic carbocycles. The average Bonchev–Trinajstić information content (AvgIpc) is 3.33. The molecule has 0 aromatic carbocycles. The van der Waals surface area contributed by atoms with Gasteiger partial charge in [0.25, 0.3) is 0 Å². The van der Waals surface area contributed by atoms with Crippen LogP contribution in [0.5, 0.6) is 0 Å². The van der Waals surface area contributed by atoms with Gasteiger partial charge in [0.1, 0.15) is 23.6 Å². The van der Waals surface area contributed by atoms with Crippen molar-refractivity contribution in [3.05, 3.63) is 71.4 Å². The molecule has 2 rings (SSSR count). The standard InChI is InChI=1S/C57H92O16/c1-32(25-36(5)46-30-45(52(64)55(66)72-46)34(3)22-23-39(8)58)21-24-43(59)28-44(69-12)29-47(70-13)42(11)57(68)31-48(73-56(67)54(57)65)37(6)26-33(2)27-38(7)50(62)40(9)51(63)41(10)53(71-14)35(4)19-17-15-16-18-20-49(60)61/h15-20,25-27,34-37,40-48,50-54,59,62-65,68H,21-24,28-31H2,1-14H3,(H,60,61)/b16-15+,19-17+,20-18+,32-25+,33-26+,38-27+/t34-,35+,36+,37+,40-,41+,42+,43?,44?,45-,46+,47?,48-,50+,51+,52-,53-,54-,57-/m0/s1. The Labute approximate surface area is 435 Å². The van der Waals surface area contributed by atoms with E-state index in [1.807, 2.05) is 66.7 Å². The van der Waals surface area contributed by atoms with Crippen LogP contribution in [0.25, 0.3) is 0 Å². The minimum Gasteiger partial charge on any atom is -0.478 e. The number of carboxylic acid groups (broad SMARTS) is 1. The molecule has 0 radical (unpaired) electrons. The van der Waals surface area contributed by atoms with Crippen LogP contribution in [0.4, 0.5) is 0 Å². The van der Waals surface area contributed by atoms with E-state index in [-0.39, 0.29) is 54.6 Å². The number of esters is 2. The lowest BCUT2D eigenvalue weighted by molar-refractivity contribution is -0.221. The number of allylic oxidation sites excluding steroid dienone is 7. The molecule has 16 nitrogen and oxygen atoms in total. The zero-order valence-corrected chi connectivity index (χ0v) is 46.1. The number of aliphatic carboxylic acids is 1. The third kappa shape index (κ3) is 20.0. The van der Waals surface area contributed by atoms with Gasteiger partial charge in [-0.05, 0) is 71.3 Å². The molecular weight excluding hydrogens is 941 g/mol. The number of cyclic esters (lactones) is 2. The summed E-state index contributed by atoms with van der Waals surface area (Å²) in [6, 6.07) is 0. The monoisotopic (exact) mass is 1030 g/mol. The molecule has 0 aromatic heterocycles. The Bertz CT molecular complexity index is 1940. The maximum atomic E-state index is 13.2. The predicted molar refractivity (Wildman–Crippen MR) is 279 cm³/mol. The molecule has 2 saturated heterocycles. The maximum absolute atomic E-state index is 13.2. The molecule has 2 heterocycles. The Hall–Kier alpha value is -3.84. The van der Waals surface area contributed by atoms with E-state index in [2.05, 4.69) is 0 Å². The van der Waals surface area contributed by atoms with Crippen molar-refractivity contribution in [3.8, 4) is 0 Å². The SMILES string of the molecule is COC(CC(O)CC/C(C)=C/[C@@H](C)[C@H]1C[C@@H]([C@@H](C)CCC(C)=O)[C@H](O)C(=O)O1)CC(OC)[C@@H](C)[C@@]1(O)C[C@@H]([C@H](C)/C=C(C)/C=C(\C)[C@@H](O)[C@H](C)[C@@H](O)[C@@H](C)[C@@H](OC)[C@H](C)/C=C/C=C/C=C/C(=O)O)OC(=O)[C@@H]1O. The van der Waals surface area contributed by atoms with Gasteiger partial charge >= 0.3 is 17.9 Å². The number of carbonyl (C=O) groups is 4. The van der Waals surface area contributed by atoms with Crippen LogP contribution in [0.2, 0.25) is 0 Å². The summed E-state index contributed by atoms with van der Waals surface area (Å²) in [4.78, 5) is 48.1. The average molecular weight is 1030 g/mol. The quantitative estimate of drug-likeness (QED) is 0.0163. The van der Waals surface area contributed by atoms with E-state index < -0.39 is 102 Å². The summed E-state index contributed by atoms with van der Waals surface area (Å²) in [6.45, 7) is 20.1. The van der Waals surface area contributed by atoms with Crippen molar-refractivity contribution < 1.29 is 78.6 Å². The molecule has 0 bridgehead atoms. The summed E-state index contributed by atoms with van der Waals surface area (Å²) < 4.78 is 28.7. The molecular formula is C57H92O16. The molecule has 0 spiro atoms. The van der Waals surface area contributed by atoms with Gasteiger partial charge in [-0.3, -0.25) is 0 Å². The Morgan fingerprint density at radius 2 is 1.38 bits per heavy atom. The number of methoxy groups -OCH3 is 3. The smallest absolute Gasteiger partial charge is 0.338 e. The molecule has 2 aliphatic heterocycles. The highest BCUT2D eigenvalue weighted by molar-refractivity contribution is 5.80. The third-order valence-electron chi connectivity index (χ3n) is 15.5. The van der Waals surface area contributed by atoms with Crippen LogP contribution in [0.15, 0.2) is 71.4 Å². The molecule has 0 saturated carbocycles. The van der Waals surface area contributed by atoms with Gasteiger partial charge < -0.3 is 64.2 Å². The van der Waals surface area contributed by atoms with E-state index in [1.54, 1.807) is 52.2 Å². The van der Waals surface area contributed by atoms with Gasteiger partial charge in [-0.15, -0.1) is 0 Å². The second-order valence-corrected chi connectivity index (χ2v) is 21.4. The number of rotatable bonds is 31. The van der Waals surface area contributed by atoms with Gasteiger partial charge in [-0.25, -0.2) is 14.4 Å². The maximum Gasteiger partial charge on any atom is 0.338 e. The Balaban J connectivity index is 2.09. The van der Waals surface area contributed by atoms with Crippen LogP contribution < -0.4 is 0 Å². The highest BCUT2D eigenvalue weighted by atomic mass is 16.6. The Morgan fingerprint density at radius 3 is 1.97 bits per heavy atom. The lowest BCUT2D eigenvalue weighted by atomic mass is 9.72. The summed E-state index contributed by atoms with van der Waals surface area (Å²) in [5, 5.41) is 76.7. The van der Waals surface area contributed by atoms with Crippen molar-refractivity contribution in [2.24, 2.45) is 47.3 Å². The lowest BCUT2D eigenvalue weighted by Crippen LogP contribution is -2.62. The van der Waals surface area contributed by atoms with E-state index in [9.17, 15) is 49.8 Å². The summed E-state index contributed by atoms with van der Waals surface area (Å²) >= 11 is 0. The second kappa shape index (κ2) is 31.3. The van der Waals surface area contributed by atoms with Crippen LogP contribution in [0.3, 0.4) is 0 Å². The van der Waals surface area contributed by atoms with Crippen molar-refractivity contribution in [1.29, 1.82) is 0 Å². The summed E-state index contributed by atoms with van der Waals surface area (Å²) in [5.41, 5.74) is 0.384. The van der Waals surface area contributed by atoms with E-state index in [1.165, 1.54) is 27.2 Å². The predicted octanol–water partition coefficient (Wildman–Crippen LogP) is 6.79. The normalized spacial score (nSPS) is 28.1. The van der Waals surface area contributed by atoms with Crippen LogP contribution in [-0.4, -0.2) is 147 Å². The molecule has 73 heavy (non-hydrogen) atoms. The minimum atomic E-state index is -1.95. The number of ketones is 1. The summed E-state index contributed by atoms with van der Waals surface area (Å²) in [7, 11) is 4.57. The highest BCUT2D eigenvalue weighted by Gasteiger charge is 2.54. The molecule has 416 valence electrons. The molecule has 2 fully saturated rings. The number of aliphatic hydroxyl groups is 6. The number of carboxylic acids is 1. The van der Waals surface area contributed by atoms with Crippen molar-refractivity contribution in [2.75, 3.05) is 21.3 Å². The molecule has 7 N–H and O–H groups in total. The zero-order valence-electron chi connectivity index (χ0n) is 46.1. The van der Waals surface area contributed by atoms with E-state index >= 15 is 0 Å². The first-order valence-electron chi connectivity index (χ1n) is 26.0. The number of carbonyl (C=O) groups excluding carboxylic acids is 3. The molecule has 0 amide bonds. The number of aliphatic hydroxyl groups excluding tert-OH is 5. The second-order valence-electron chi connectivity index (χ2n) is 21.4. The largest absolute Gasteiger partial charge is 0.478 e. The first kappa shape index (κ1) is 65.3.